The molecular weight excluding hydrogens is 338 g/mol. The lowest BCUT2D eigenvalue weighted by atomic mass is 10.1. The van der Waals surface area contributed by atoms with Crippen molar-refractivity contribution in [3.63, 3.8) is 0 Å². The molecule has 6 heteroatoms. The zero-order chi connectivity index (χ0) is 17.9. The number of hydrogen-bond acceptors (Lipinski definition) is 3. The smallest absolute Gasteiger partial charge is 0.337 e. The van der Waals surface area contributed by atoms with E-state index in [1.165, 1.54) is 30.3 Å². The molecule has 0 aliphatic rings. The number of benzene rings is 3. The minimum Gasteiger partial charge on any atom is -0.478 e. The predicted molar refractivity (Wildman–Crippen MR) is 96.1 cm³/mol. The number of anilines is 1. The summed E-state index contributed by atoms with van der Waals surface area (Å²) >= 11 is 0. The van der Waals surface area contributed by atoms with Gasteiger partial charge in [0.05, 0.1) is 16.1 Å². The van der Waals surface area contributed by atoms with E-state index in [9.17, 15) is 13.2 Å². The highest BCUT2D eigenvalue weighted by atomic mass is 32.2. The van der Waals surface area contributed by atoms with E-state index in [4.69, 9.17) is 5.11 Å². The number of hydrogen-bond donors (Lipinski definition) is 2. The summed E-state index contributed by atoms with van der Waals surface area (Å²) in [7, 11) is -3.88. The lowest BCUT2D eigenvalue weighted by molar-refractivity contribution is 0.0698. The van der Waals surface area contributed by atoms with Gasteiger partial charge in [0.15, 0.2) is 0 Å². The molecule has 0 aliphatic carbocycles. The molecule has 126 valence electrons. The largest absolute Gasteiger partial charge is 0.478 e. The average molecular weight is 353 g/mol. The summed E-state index contributed by atoms with van der Waals surface area (Å²) in [6.45, 7) is 0. The molecule has 25 heavy (non-hydrogen) atoms. The first-order valence-corrected chi connectivity index (χ1v) is 8.96. The van der Waals surface area contributed by atoms with Crippen molar-refractivity contribution in [1.29, 1.82) is 0 Å². The van der Waals surface area contributed by atoms with Gasteiger partial charge < -0.3 is 5.11 Å². The molecule has 0 bridgehead atoms. The van der Waals surface area contributed by atoms with Gasteiger partial charge in [0.1, 0.15) is 0 Å². The van der Waals surface area contributed by atoms with Gasteiger partial charge in [0.2, 0.25) is 0 Å². The third kappa shape index (κ3) is 3.70. The maximum atomic E-state index is 12.5. The van der Waals surface area contributed by atoms with Gasteiger partial charge in [-0.15, -0.1) is 0 Å². The Hall–Kier alpha value is -3.12. The number of rotatable bonds is 5. The fourth-order valence-corrected chi connectivity index (χ4v) is 3.50. The van der Waals surface area contributed by atoms with Gasteiger partial charge in [-0.25, -0.2) is 13.2 Å². The van der Waals surface area contributed by atoms with Crippen LogP contribution in [0.1, 0.15) is 10.4 Å². The quantitative estimate of drug-likeness (QED) is 0.730. The van der Waals surface area contributed by atoms with E-state index in [2.05, 4.69) is 4.72 Å². The van der Waals surface area contributed by atoms with E-state index >= 15 is 0 Å². The van der Waals surface area contributed by atoms with Gasteiger partial charge in [0, 0.05) is 0 Å². The van der Waals surface area contributed by atoms with Gasteiger partial charge in [-0.05, 0) is 35.4 Å². The van der Waals surface area contributed by atoms with E-state index in [0.717, 1.165) is 11.1 Å². The van der Waals surface area contributed by atoms with Crippen molar-refractivity contribution in [3.05, 3.63) is 84.4 Å². The topological polar surface area (TPSA) is 83.5 Å². The molecule has 3 aromatic rings. The Morgan fingerprint density at radius 2 is 1.32 bits per heavy atom. The number of carboxylic acids is 1. The molecule has 0 radical (unpaired) electrons. The number of para-hydroxylation sites is 1. The van der Waals surface area contributed by atoms with E-state index in [-0.39, 0.29) is 16.1 Å². The monoisotopic (exact) mass is 353 g/mol. The maximum absolute atomic E-state index is 12.5. The summed E-state index contributed by atoms with van der Waals surface area (Å²) in [6.07, 6.45) is 0. The van der Waals surface area contributed by atoms with Crippen molar-refractivity contribution in [2.75, 3.05) is 4.72 Å². The Balaban J connectivity index is 1.90. The van der Waals surface area contributed by atoms with Crippen molar-refractivity contribution in [2.24, 2.45) is 0 Å². The molecule has 0 saturated heterocycles. The van der Waals surface area contributed by atoms with Crippen molar-refractivity contribution in [2.45, 2.75) is 4.90 Å². The number of carbonyl (C=O) groups is 1. The van der Waals surface area contributed by atoms with Gasteiger partial charge >= 0.3 is 5.97 Å². The van der Waals surface area contributed by atoms with E-state index < -0.39 is 16.0 Å². The molecule has 0 fully saturated rings. The molecule has 0 aromatic heterocycles. The summed E-state index contributed by atoms with van der Waals surface area (Å²) in [6, 6.07) is 21.9. The van der Waals surface area contributed by atoms with Crippen LogP contribution >= 0.6 is 0 Å². The molecule has 0 unspecified atom stereocenters. The Morgan fingerprint density at radius 3 is 1.96 bits per heavy atom. The molecule has 0 saturated carbocycles. The van der Waals surface area contributed by atoms with Crippen LogP contribution in [-0.4, -0.2) is 19.5 Å². The summed E-state index contributed by atoms with van der Waals surface area (Å²) in [5.74, 6) is -1.20. The third-order valence-electron chi connectivity index (χ3n) is 3.67. The molecule has 0 heterocycles. The highest BCUT2D eigenvalue weighted by Gasteiger charge is 2.18. The van der Waals surface area contributed by atoms with Gasteiger partial charge in [-0.1, -0.05) is 54.6 Å². The summed E-state index contributed by atoms with van der Waals surface area (Å²) in [5, 5.41) is 9.16. The molecule has 5 nitrogen and oxygen atoms in total. The lowest BCUT2D eigenvalue weighted by Crippen LogP contribution is -2.15. The first kappa shape index (κ1) is 16.7. The van der Waals surface area contributed by atoms with Crippen molar-refractivity contribution >= 4 is 21.7 Å². The Kier molecular flexibility index (Phi) is 4.54. The fraction of sp³-hybridized carbons (Fsp3) is 0. The Morgan fingerprint density at radius 1 is 0.760 bits per heavy atom. The highest BCUT2D eigenvalue weighted by molar-refractivity contribution is 7.92. The zero-order valence-corrected chi connectivity index (χ0v) is 13.9. The van der Waals surface area contributed by atoms with E-state index in [0.29, 0.717) is 0 Å². The average Bonchev–Trinajstić information content (AvgIpc) is 2.62. The summed E-state index contributed by atoms with van der Waals surface area (Å²) < 4.78 is 27.4. The van der Waals surface area contributed by atoms with Gasteiger partial charge in [-0.3, -0.25) is 4.72 Å². The first-order chi connectivity index (χ1) is 12.0. The molecule has 0 spiro atoms. The Bertz CT molecular complexity index is 997. The maximum Gasteiger partial charge on any atom is 0.337 e. The Labute approximate surface area is 145 Å². The lowest BCUT2D eigenvalue weighted by Gasteiger charge is -2.11. The van der Waals surface area contributed by atoms with Crippen LogP contribution in [0.15, 0.2) is 83.8 Å². The number of sulfonamides is 1. The van der Waals surface area contributed by atoms with Crippen LogP contribution in [0.4, 0.5) is 5.69 Å². The van der Waals surface area contributed by atoms with Crippen LogP contribution < -0.4 is 4.72 Å². The number of aromatic carboxylic acids is 1. The molecular formula is C19H15NO4S. The molecule has 3 rings (SSSR count). The standard InChI is InChI=1S/C19H15NO4S/c21-19(22)17-8-4-5-9-18(17)20-25(23,24)16-12-10-15(11-13-16)14-6-2-1-3-7-14/h1-13,20H,(H,21,22). The molecule has 0 amide bonds. The highest BCUT2D eigenvalue weighted by Crippen LogP contribution is 2.23. The van der Waals surface area contributed by atoms with Crippen LogP contribution in [0.25, 0.3) is 11.1 Å². The van der Waals surface area contributed by atoms with Crippen LogP contribution in [-0.2, 0) is 10.0 Å². The van der Waals surface area contributed by atoms with Crippen LogP contribution in [0, 0.1) is 0 Å². The molecule has 3 aromatic carbocycles. The van der Waals surface area contributed by atoms with Crippen LogP contribution in [0.3, 0.4) is 0 Å². The second-order valence-electron chi connectivity index (χ2n) is 5.35. The van der Waals surface area contributed by atoms with E-state index in [1.54, 1.807) is 18.2 Å². The van der Waals surface area contributed by atoms with Crippen molar-refractivity contribution in [3.8, 4) is 11.1 Å². The van der Waals surface area contributed by atoms with Gasteiger partial charge in [-0.2, -0.15) is 0 Å². The minimum absolute atomic E-state index is 0.0298. The molecule has 2 N–H and O–H groups in total. The van der Waals surface area contributed by atoms with Gasteiger partial charge in [0.25, 0.3) is 10.0 Å². The predicted octanol–water partition coefficient (Wildman–Crippen LogP) is 3.85. The normalized spacial score (nSPS) is 11.0. The summed E-state index contributed by atoms with van der Waals surface area (Å²) in [4.78, 5) is 11.3. The zero-order valence-electron chi connectivity index (χ0n) is 13.1. The van der Waals surface area contributed by atoms with Crippen LogP contribution in [0.5, 0.6) is 0 Å². The third-order valence-corrected chi connectivity index (χ3v) is 5.05. The molecule has 0 aliphatic heterocycles. The van der Waals surface area contributed by atoms with Crippen LogP contribution in [0.2, 0.25) is 0 Å². The number of carboxylic acid groups (broad SMARTS) is 1. The second-order valence-corrected chi connectivity index (χ2v) is 7.03. The molecule has 0 atom stereocenters. The SMILES string of the molecule is O=C(O)c1ccccc1NS(=O)(=O)c1ccc(-c2ccccc2)cc1. The number of nitrogens with one attached hydrogen (secondary N) is 1. The van der Waals surface area contributed by atoms with Crippen molar-refractivity contribution < 1.29 is 18.3 Å². The van der Waals surface area contributed by atoms with E-state index in [1.807, 2.05) is 30.3 Å². The fourth-order valence-electron chi connectivity index (χ4n) is 2.42. The first-order valence-electron chi connectivity index (χ1n) is 7.48. The second kappa shape index (κ2) is 6.78. The summed E-state index contributed by atoms with van der Waals surface area (Å²) in [5.41, 5.74) is 1.80. The van der Waals surface area contributed by atoms with Crippen molar-refractivity contribution in [1.82, 2.24) is 0 Å². The minimum atomic E-state index is -3.88.